The van der Waals surface area contributed by atoms with E-state index in [1.54, 1.807) is 0 Å². The number of carbonyl (C=O) groups excluding carboxylic acids is 1. The number of benzene rings is 1. The molecule has 6 heteroatoms. The molecule has 0 heterocycles. The largest absolute Gasteiger partial charge is 0.428 e. The standard InChI is InChI=1S/C11H8F3NO2/c1-2-9(16)15-7-3-5-8(6-4-7)17-11(14)10(12)13/h2-6H,1H2,(H,15,16). The number of ether oxygens (including phenoxy) is 1. The van der Waals surface area contributed by atoms with Crippen LogP contribution < -0.4 is 10.1 Å². The lowest BCUT2D eigenvalue weighted by Gasteiger charge is -2.04. The van der Waals surface area contributed by atoms with E-state index in [1.807, 2.05) is 0 Å². The Morgan fingerprint density at radius 2 is 1.82 bits per heavy atom. The maximum atomic E-state index is 12.4. The predicted octanol–water partition coefficient (Wildman–Crippen LogP) is 3.23. The first kappa shape index (κ1) is 12.8. The van der Waals surface area contributed by atoms with E-state index < -0.39 is 18.0 Å². The van der Waals surface area contributed by atoms with Gasteiger partial charge in [0.05, 0.1) is 0 Å². The van der Waals surface area contributed by atoms with Gasteiger partial charge >= 0.3 is 12.1 Å². The zero-order valence-electron chi connectivity index (χ0n) is 8.54. The van der Waals surface area contributed by atoms with E-state index in [4.69, 9.17) is 0 Å². The summed E-state index contributed by atoms with van der Waals surface area (Å²) in [6.45, 7) is 3.26. The summed E-state index contributed by atoms with van der Waals surface area (Å²) in [5.74, 6) is -0.522. The van der Waals surface area contributed by atoms with E-state index in [0.717, 1.165) is 6.08 Å². The van der Waals surface area contributed by atoms with Gasteiger partial charge in [-0.05, 0) is 30.3 Å². The van der Waals surface area contributed by atoms with E-state index in [0.29, 0.717) is 5.69 Å². The molecule has 3 nitrogen and oxygen atoms in total. The predicted molar refractivity (Wildman–Crippen MR) is 56.2 cm³/mol. The molecule has 0 atom stereocenters. The molecule has 1 amide bonds. The zero-order chi connectivity index (χ0) is 12.8. The minimum atomic E-state index is -2.53. The second-order valence-electron chi connectivity index (χ2n) is 2.85. The molecule has 0 bridgehead atoms. The molecule has 0 spiro atoms. The zero-order valence-corrected chi connectivity index (χ0v) is 8.54. The monoisotopic (exact) mass is 243 g/mol. The van der Waals surface area contributed by atoms with Gasteiger partial charge in [-0.25, -0.2) is 0 Å². The van der Waals surface area contributed by atoms with Crippen LogP contribution in [0.1, 0.15) is 0 Å². The number of carbonyl (C=O) groups is 1. The van der Waals surface area contributed by atoms with Crippen LogP contribution >= 0.6 is 0 Å². The van der Waals surface area contributed by atoms with Crippen LogP contribution in [0.4, 0.5) is 18.9 Å². The Morgan fingerprint density at radius 1 is 1.24 bits per heavy atom. The maximum absolute atomic E-state index is 12.4. The average Bonchev–Trinajstić information content (AvgIpc) is 2.31. The van der Waals surface area contributed by atoms with Crippen LogP contribution in [0.25, 0.3) is 0 Å². The normalized spacial score (nSPS) is 9.35. The lowest BCUT2D eigenvalue weighted by atomic mass is 10.3. The molecule has 1 aromatic carbocycles. The fraction of sp³-hybridized carbons (Fsp3) is 0. The quantitative estimate of drug-likeness (QED) is 0.651. The molecule has 1 N–H and O–H groups in total. The van der Waals surface area contributed by atoms with E-state index in [-0.39, 0.29) is 5.75 Å². The molecule has 0 saturated carbocycles. The topological polar surface area (TPSA) is 38.3 Å². The van der Waals surface area contributed by atoms with Crippen molar-refractivity contribution in [3.8, 4) is 5.75 Å². The van der Waals surface area contributed by atoms with Gasteiger partial charge in [0.15, 0.2) is 0 Å². The Labute approximate surface area is 95.2 Å². The van der Waals surface area contributed by atoms with E-state index in [1.165, 1.54) is 24.3 Å². The van der Waals surface area contributed by atoms with Gasteiger partial charge < -0.3 is 10.1 Å². The van der Waals surface area contributed by atoms with Crippen LogP contribution in [-0.4, -0.2) is 5.91 Å². The molecule has 0 aliphatic rings. The fourth-order valence-corrected chi connectivity index (χ4v) is 0.942. The van der Waals surface area contributed by atoms with Gasteiger partial charge in [0, 0.05) is 5.69 Å². The van der Waals surface area contributed by atoms with Gasteiger partial charge in [-0.2, -0.15) is 13.2 Å². The highest BCUT2D eigenvalue weighted by atomic mass is 19.3. The van der Waals surface area contributed by atoms with Crippen molar-refractivity contribution in [1.29, 1.82) is 0 Å². The van der Waals surface area contributed by atoms with E-state index in [2.05, 4.69) is 16.6 Å². The lowest BCUT2D eigenvalue weighted by Crippen LogP contribution is -2.06. The Hall–Kier alpha value is -2.24. The first-order chi connectivity index (χ1) is 8.02. The van der Waals surface area contributed by atoms with Crippen molar-refractivity contribution in [3.05, 3.63) is 49.0 Å². The van der Waals surface area contributed by atoms with Crippen LogP contribution in [0.15, 0.2) is 49.0 Å². The summed E-state index contributed by atoms with van der Waals surface area (Å²) < 4.78 is 40.0. The lowest BCUT2D eigenvalue weighted by molar-refractivity contribution is -0.111. The molecule has 0 aromatic heterocycles. The van der Waals surface area contributed by atoms with Gasteiger partial charge in [-0.15, -0.1) is 0 Å². The third kappa shape index (κ3) is 4.02. The number of anilines is 1. The number of hydrogen-bond acceptors (Lipinski definition) is 2. The van der Waals surface area contributed by atoms with E-state index in [9.17, 15) is 18.0 Å². The van der Waals surface area contributed by atoms with Gasteiger partial charge in [0.2, 0.25) is 5.91 Å². The van der Waals surface area contributed by atoms with Crippen LogP contribution in [0.2, 0.25) is 0 Å². The first-order valence-corrected chi connectivity index (χ1v) is 4.45. The summed E-state index contributed by atoms with van der Waals surface area (Å²) in [5, 5.41) is 2.43. The fourth-order valence-electron chi connectivity index (χ4n) is 0.942. The Bertz CT molecular complexity index is 450. The Kier molecular flexibility index (Phi) is 4.33. The smallest absolute Gasteiger partial charge is 0.344 e. The molecule has 1 rings (SSSR count). The molecular formula is C11H8F3NO2. The number of rotatable bonds is 4. The van der Waals surface area contributed by atoms with Gasteiger partial charge in [0.1, 0.15) is 5.75 Å². The Balaban J connectivity index is 2.72. The van der Waals surface area contributed by atoms with Crippen molar-refractivity contribution in [1.82, 2.24) is 0 Å². The molecule has 17 heavy (non-hydrogen) atoms. The molecule has 0 fully saturated rings. The molecule has 0 radical (unpaired) electrons. The highest BCUT2D eigenvalue weighted by molar-refractivity contribution is 5.98. The summed E-state index contributed by atoms with van der Waals surface area (Å²) >= 11 is 0. The molecule has 0 aliphatic heterocycles. The van der Waals surface area contributed by atoms with Crippen molar-refractivity contribution in [2.45, 2.75) is 0 Å². The number of amides is 1. The third-order valence-corrected chi connectivity index (χ3v) is 1.66. The molecule has 0 saturated heterocycles. The molecule has 0 aliphatic carbocycles. The SMILES string of the molecule is C=CC(=O)Nc1ccc(OC(F)=C(F)F)cc1. The second kappa shape index (κ2) is 5.74. The summed E-state index contributed by atoms with van der Waals surface area (Å²) in [4.78, 5) is 10.9. The molecule has 1 aromatic rings. The highest BCUT2D eigenvalue weighted by Crippen LogP contribution is 2.20. The van der Waals surface area contributed by atoms with Crippen LogP contribution in [0, 0.1) is 0 Å². The first-order valence-electron chi connectivity index (χ1n) is 4.45. The van der Waals surface area contributed by atoms with Crippen LogP contribution in [-0.2, 0) is 4.79 Å². The second-order valence-corrected chi connectivity index (χ2v) is 2.85. The van der Waals surface area contributed by atoms with E-state index >= 15 is 0 Å². The number of halogens is 3. The van der Waals surface area contributed by atoms with Crippen LogP contribution in [0.5, 0.6) is 5.75 Å². The molecular weight excluding hydrogens is 235 g/mol. The summed E-state index contributed by atoms with van der Waals surface area (Å²) in [6.07, 6.45) is -1.46. The summed E-state index contributed by atoms with van der Waals surface area (Å²) in [7, 11) is 0. The maximum Gasteiger partial charge on any atom is 0.344 e. The van der Waals surface area contributed by atoms with Crippen molar-refractivity contribution in [2.24, 2.45) is 0 Å². The number of nitrogens with one attached hydrogen (secondary N) is 1. The van der Waals surface area contributed by atoms with Crippen molar-refractivity contribution in [3.63, 3.8) is 0 Å². The minimum Gasteiger partial charge on any atom is -0.428 e. The van der Waals surface area contributed by atoms with Gasteiger partial charge in [-0.3, -0.25) is 4.79 Å². The van der Waals surface area contributed by atoms with Crippen molar-refractivity contribution in [2.75, 3.05) is 5.32 Å². The highest BCUT2D eigenvalue weighted by Gasteiger charge is 2.07. The average molecular weight is 243 g/mol. The summed E-state index contributed by atoms with van der Waals surface area (Å²) in [6, 6.07) is 3.27. The molecule has 90 valence electrons. The summed E-state index contributed by atoms with van der Waals surface area (Å²) in [5.41, 5.74) is 0.410. The molecule has 0 unspecified atom stereocenters. The third-order valence-electron chi connectivity index (χ3n) is 1.66. The van der Waals surface area contributed by atoms with Crippen molar-refractivity contribution >= 4 is 11.6 Å². The minimum absolute atomic E-state index is 0.105. The Morgan fingerprint density at radius 3 is 2.29 bits per heavy atom. The van der Waals surface area contributed by atoms with Gasteiger partial charge in [0.25, 0.3) is 0 Å². The van der Waals surface area contributed by atoms with Crippen LogP contribution in [0.3, 0.4) is 0 Å². The number of hydrogen-bond donors (Lipinski definition) is 1. The van der Waals surface area contributed by atoms with Gasteiger partial charge in [-0.1, -0.05) is 6.58 Å². The van der Waals surface area contributed by atoms with Crippen molar-refractivity contribution < 1.29 is 22.7 Å².